The standard InChI is InChI=1S/C27H29N5O2/c33-16-18-1-3-19(4-2-18)20-5-10-24-23(15-20)25-26(28-17-29-27(25)31-24)30-21-6-8-22(9-7-21)32-11-13-34-14-12-32/h1-5,10,15-17,21-22H,6-9,11-14H2,(H2,28,29,30,31). The molecule has 2 aromatic heterocycles. The number of ether oxygens (including phenoxy) is 1. The Bertz CT molecular complexity index is 1300. The molecule has 1 saturated heterocycles. The van der Waals surface area contributed by atoms with Crippen LogP contribution in [0.3, 0.4) is 0 Å². The van der Waals surface area contributed by atoms with E-state index in [1.54, 1.807) is 6.33 Å². The van der Waals surface area contributed by atoms with Crippen LogP contribution in [0.2, 0.25) is 0 Å². The van der Waals surface area contributed by atoms with Gasteiger partial charge in [0, 0.05) is 41.6 Å². The first-order chi connectivity index (χ1) is 16.8. The molecule has 1 aliphatic carbocycles. The fourth-order valence-electron chi connectivity index (χ4n) is 5.49. The highest BCUT2D eigenvalue weighted by Crippen LogP contribution is 2.34. The molecular weight excluding hydrogens is 426 g/mol. The van der Waals surface area contributed by atoms with Crippen LogP contribution in [0.25, 0.3) is 33.1 Å². The van der Waals surface area contributed by atoms with E-state index in [1.807, 2.05) is 24.3 Å². The molecule has 7 heteroatoms. The van der Waals surface area contributed by atoms with Gasteiger partial charge in [-0.3, -0.25) is 9.69 Å². The number of aromatic nitrogens is 3. The number of H-pyrrole nitrogens is 1. The van der Waals surface area contributed by atoms with Gasteiger partial charge in [0.25, 0.3) is 0 Å². The highest BCUT2D eigenvalue weighted by molar-refractivity contribution is 6.12. The summed E-state index contributed by atoms with van der Waals surface area (Å²) in [5.74, 6) is 0.902. The average Bonchev–Trinajstić information content (AvgIpc) is 3.28. The average molecular weight is 456 g/mol. The van der Waals surface area contributed by atoms with Gasteiger partial charge in [0.1, 0.15) is 24.1 Å². The summed E-state index contributed by atoms with van der Waals surface area (Å²) in [4.78, 5) is 26.2. The number of aromatic amines is 1. The number of carbonyl (C=O) groups is 1. The van der Waals surface area contributed by atoms with E-state index in [4.69, 9.17) is 4.74 Å². The predicted octanol–water partition coefficient (Wildman–Crippen LogP) is 4.65. The maximum atomic E-state index is 11.0. The lowest BCUT2D eigenvalue weighted by molar-refractivity contribution is 0.00791. The van der Waals surface area contributed by atoms with E-state index in [1.165, 1.54) is 12.8 Å². The van der Waals surface area contributed by atoms with Gasteiger partial charge in [0.05, 0.1) is 18.6 Å². The minimum atomic E-state index is 0.416. The molecule has 0 bridgehead atoms. The lowest BCUT2D eigenvalue weighted by Gasteiger charge is -2.39. The van der Waals surface area contributed by atoms with Crippen molar-refractivity contribution in [1.82, 2.24) is 19.9 Å². The molecule has 2 N–H and O–H groups in total. The molecule has 3 heterocycles. The fraction of sp³-hybridized carbons (Fsp3) is 0.370. The van der Waals surface area contributed by atoms with E-state index in [0.29, 0.717) is 17.6 Å². The van der Waals surface area contributed by atoms with Gasteiger partial charge in [-0.25, -0.2) is 9.97 Å². The van der Waals surface area contributed by atoms with Gasteiger partial charge in [0.2, 0.25) is 0 Å². The van der Waals surface area contributed by atoms with Crippen molar-refractivity contribution in [3.8, 4) is 11.1 Å². The molecule has 2 aliphatic rings. The van der Waals surface area contributed by atoms with Gasteiger partial charge in [-0.05, 0) is 48.9 Å². The first kappa shape index (κ1) is 21.3. The van der Waals surface area contributed by atoms with Gasteiger partial charge in [-0.1, -0.05) is 30.3 Å². The number of fused-ring (bicyclic) bond motifs is 3. The Balaban J connectivity index is 1.26. The quantitative estimate of drug-likeness (QED) is 0.427. The van der Waals surface area contributed by atoms with Crippen LogP contribution in [-0.4, -0.2) is 64.5 Å². The lowest BCUT2D eigenvalue weighted by Crippen LogP contribution is -2.46. The normalized spacial score (nSPS) is 21.6. The SMILES string of the molecule is O=Cc1ccc(-c2ccc3[nH]c4ncnc(NC5CCC(N6CCOCC6)CC5)c4c3c2)cc1. The molecule has 34 heavy (non-hydrogen) atoms. The summed E-state index contributed by atoms with van der Waals surface area (Å²) >= 11 is 0. The maximum absolute atomic E-state index is 11.0. The van der Waals surface area contributed by atoms with Crippen LogP contribution >= 0.6 is 0 Å². The minimum Gasteiger partial charge on any atom is -0.379 e. The second kappa shape index (κ2) is 9.16. The number of nitrogens with one attached hydrogen (secondary N) is 2. The van der Waals surface area contributed by atoms with Crippen LogP contribution in [-0.2, 0) is 4.74 Å². The van der Waals surface area contributed by atoms with Gasteiger partial charge >= 0.3 is 0 Å². The van der Waals surface area contributed by atoms with Crippen molar-refractivity contribution >= 4 is 34.0 Å². The van der Waals surface area contributed by atoms with Crippen LogP contribution in [0.5, 0.6) is 0 Å². The molecular formula is C27H29N5O2. The summed E-state index contributed by atoms with van der Waals surface area (Å²) in [6.07, 6.45) is 7.21. The summed E-state index contributed by atoms with van der Waals surface area (Å²) in [5.41, 5.74) is 4.76. The summed E-state index contributed by atoms with van der Waals surface area (Å²) < 4.78 is 5.52. The van der Waals surface area contributed by atoms with Crippen LogP contribution in [0, 0.1) is 0 Å². The largest absolute Gasteiger partial charge is 0.379 e. The van der Waals surface area contributed by atoms with Crippen molar-refractivity contribution in [2.75, 3.05) is 31.6 Å². The second-order valence-corrected chi connectivity index (χ2v) is 9.37. The fourth-order valence-corrected chi connectivity index (χ4v) is 5.49. The molecule has 2 fully saturated rings. The van der Waals surface area contributed by atoms with Crippen molar-refractivity contribution in [3.05, 3.63) is 54.4 Å². The lowest BCUT2D eigenvalue weighted by atomic mass is 9.90. The highest BCUT2D eigenvalue weighted by atomic mass is 16.5. The number of benzene rings is 2. The summed E-state index contributed by atoms with van der Waals surface area (Å²) in [7, 11) is 0. The Morgan fingerprint density at radius 3 is 2.50 bits per heavy atom. The molecule has 2 aromatic carbocycles. The molecule has 7 nitrogen and oxygen atoms in total. The highest BCUT2D eigenvalue weighted by Gasteiger charge is 2.27. The summed E-state index contributed by atoms with van der Waals surface area (Å²) in [6.45, 7) is 3.84. The zero-order valence-corrected chi connectivity index (χ0v) is 19.2. The number of rotatable bonds is 5. The molecule has 174 valence electrons. The van der Waals surface area contributed by atoms with Gasteiger partial charge in [-0.2, -0.15) is 0 Å². The van der Waals surface area contributed by atoms with E-state index in [-0.39, 0.29) is 0 Å². The Labute approximate surface area is 198 Å². The first-order valence-electron chi connectivity index (χ1n) is 12.2. The predicted molar refractivity (Wildman–Crippen MR) is 134 cm³/mol. The molecule has 1 aliphatic heterocycles. The smallest absolute Gasteiger partial charge is 0.150 e. The Morgan fingerprint density at radius 2 is 1.74 bits per heavy atom. The van der Waals surface area contributed by atoms with E-state index in [9.17, 15) is 4.79 Å². The van der Waals surface area contributed by atoms with Crippen molar-refractivity contribution in [3.63, 3.8) is 0 Å². The summed E-state index contributed by atoms with van der Waals surface area (Å²) in [5, 5.41) is 5.90. The zero-order chi connectivity index (χ0) is 22.9. The molecule has 4 aromatic rings. The van der Waals surface area contributed by atoms with Crippen molar-refractivity contribution in [2.24, 2.45) is 0 Å². The van der Waals surface area contributed by atoms with Crippen molar-refractivity contribution < 1.29 is 9.53 Å². The number of carbonyl (C=O) groups excluding carboxylic acids is 1. The Kier molecular flexibility index (Phi) is 5.73. The van der Waals surface area contributed by atoms with E-state index >= 15 is 0 Å². The molecule has 0 atom stereocenters. The number of aldehydes is 1. The van der Waals surface area contributed by atoms with Crippen LogP contribution in [0.1, 0.15) is 36.0 Å². The van der Waals surface area contributed by atoms with Crippen LogP contribution < -0.4 is 5.32 Å². The molecule has 0 spiro atoms. The summed E-state index contributed by atoms with van der Waals surface area (Å²) in [6, 6.07) is 15.2. The van der Waals surface area contributed by atoms with Crippen LogP contribution in [0.4, 0.5) is 5.82 Å². The van der Waals surface area contributed by atoms with Crippen molar-refractivity contribution in [1.29, 1.82) is 0 Å². The number of nitrogens with zero attached hydrogens (tertiary/aromatic N) is 3. The second-order valence-electron chi connectivity index (χ2n) is 9.37. The Hall–Kier alpha value is -3.29. The third-order valence-electron chi connectivity index (χ3n) is 7.37. The first-order valence-corrected chi connectivity index (χ1v) is 12.2. The molecule has 0 radical (unpaired) electrons. The van der Waals surface area contributed by atoms with Crippen molar-refractivity contribution in [2.45, 2.75) is 37.8 Å². The number of anilines is 1. The van der Waals surface area contributed by atoms with Gasteiger partial charge in [0.15, 0.2) is 0 Å². The Morgan fingerprint density at radius 1 is 0.971 bits per heavy atom. The third-order valence-corrected chi connectivity index (χ3v) is 7.37. The molecule has 0 unspecified atom stereocenters. The number of hydrogen-bond donors (Lipinski definition) is 2. The van der Waals surface area contributed by atoms with Gasteiger partial charge < -0.3 is 15.0 Å². The molecule has 6 rings (SSSR count). The topological polar surface area (TPSA) is 83.1 Å². The van der Waals surface area contributed by atoms with E-state index in [0.717, 1.165) is 84.3 Å². The molecule has 0 amide bonds. The molecule has 1 saturated carbocycles. The number of morpholine rings is 1. The van der Waals surface area contributed by atoms with E-state index < -0.39 is 0 Å². The minimum absolute atomic E-state index is 0.416. The van der Waals surface area contributed by atoms with E-state index in [2.05, 4.69) is 43.4 Å². The zero-order valence-electron chi connectivity index (χ0n) is 19.2. The third kappa shape index (κ3) is 4.06. The maximum Gasteiger partial charge on any atom is 0.150 e. The van der Waals surface area contributed by atoms with Gasteiger partial charge in [-0.15, -0.1) is 0 Å². The number of hydrogen-bond acceptors (Lipinski definition) is 6. The monoisotopic (exact) mass is 455 g/mol. The van der Waals surface area contributed by atoms with Crippen LogP contribution in [0.15, 0.2) is 48.8 Å².